The zero-order valence-corrected chi connectivity index (χ0v) is 13.3. The van der Waals surface area contributed by atoms with Crippen LogP contribution in [0.15, 0.2) is 28.8 Å². The van der Waals surface area contributed by atoms with Crippen molar-refractivity contribution in [3.05, 3.63) is 41.2 Å². The largest absolute Gasteiger partial charge is 0.452 e. The first kappa shape index (κ1) is 16.7. The van der Waals surface area contributed by atoms with Crippen LogP contribution >= 0.6 is 0 Å². The molecule has 0 unspecified atom stereocenters. The van der Waals surface area contributed by atoms with E-state index in [9.17, 15) is 18.0 Å². The number of ketones is 1. The minimum absolute atomic E-state index is 0.0474. The van der Waals surface area contributed by atoms with E-state index in [0.717, 1.165) is 25.7 Å². The minimum atomic E-state index is -4.56. The third-order valence-electron chi connectivity index (χ3n) is 4.60. The molecule has 0 spiro atoms. The van der Waals surface area contributed by atoms with Crippen LogP contribution in [0.1, 0.15) is 53.8 Å². The number of nitrogens with zero attached hydrogens (tertiary/aromatic N) is 1. The topological polar surface area (TPSA) is 43.1 Å². The summed E-state index contributed by atoms with van der Waals surface area (Å²) < 4.78 is 42.8. The van der Waals surface area contributed by atoms with Crippen LogP contribution in [0, 0.1) is 12.8 Å². The van der Waals surface area contributed by atoms with Gasteiger partial charge in [0.1, 0.15) is 5.69 Å². The molecule has 1 fully saturated rings. The van der Waals surface area contributed by atoms with Crippen LogP contribution in [0.4, 0.5) is 13.2 Å². The van der Waals surface area contributed by atoms with Crippen molar-refractivity contribution in [2.75, 3.05) is 0 Å². The molecule has 0 amide bonds. The molecule has 24 heavy (non-hydrogen) atoms. The number of carbonyl (C=O) groups is 1. The number of hydrogen-bond acceptors (Lipinski definition) is 3. The van der Waals surface area contributed by atoms with Gasteiger partial charge in [-0.2, -0.15) is 13.2 Å². The van der Waals surface area contributed by atoms with Crippen LogP contribution < -0.4 is 0 Å². The molecule has 6 heteroatoms. The highest BCUT2D eigenvalue weighted by molar-refractivity contribution is 5.98. The number of aromatic nitrogens is 1. The van der Waals surface area contributed by atoms with Gasteiger partial charge in [0.15, 0.2) is 5.78 Å². The van der Waals surface area contributed by atoms with Gasteiger partial charge in [-0.05, 0) is 19.8 Å². The van der Waals surface area contributed by atoms with Gasteiger partial charge in [0.25, 0.3) is 0 Å². The quantitative estimate of drug-likeness (QED) is 0.701. The Bertz CT molecular complexity index is 726. The van der Waals surface area contributed by atoms with Crippen LogP contribution in [0.2, 0.25) is 0 Å². The second kappa shape index (κ2) is 6.42. The summed E-state index contributed by atoms with van der Waals surface area (Å²) in [5.74, 6) is -0.899. The van der Waals surface area contributed by atoms with E-state index in [1.165, 1.54) is 13.3 Å². The van der Waals surface area contributed by atoms with Crippen LogP contribution in [0.25, 0.3) is 11.3 Å². The fourth-order valence-corrected chi connectivity index (χ4v) is 3.26. The maximum absolute atomic E-state index is 12.8. The first-order chi connectivity index (χ1) is 11.4. The molecule has 0 bridgehead atoms. The van der Waals surface area contributed by atoms with E-state index in [-0.39, 0.29) is 23.0 Å². The van der Waals surface area contributed by atoms with Crippen LogP contribution in [-0.2, 0) is 6.18 Å². The van der Waals surface area contributed by atoms with Gasteiger partial charge in [-0.15, -0.1) is 0 Å². The highest BCUT2D eigenvalue weighted by Crippen LogP contribution is 2.36. The van der Waals surface area contributed by atoms with Crippen LogP contribution in [0.5, 0.6) is 0 Å². The fraction of sp³-hybridized carbons (Fsp3) is 0.444. The summed E-state index contributed by atoms with van der Waals surface area (Å²) in [7, 11) is 0. The van der Waals surface area contributed by atoms with Gasteiger partial charge in [-0.25, -0.2) is 0 Å². The predicted molar refractivity (Wildman–Crippen MR) is 82.6 cm³/mol. The molecule has 1 aromatic heterocycles. The van der Waals surface area contributed by atoms with Crippen LogP contribution in [0.3, 0.4) is 0 Å². The maximum atomic E-state index is 12.8. The highest BCUT2D eigenvalue weighted by atomic mass is 19.4. The molecule has 1 heterocycles. The molecule has 0 aliphatic heterocycles. The predicted octanol–water partition coefficient (Wildman–Crippen LogP) is 5.43. The summed E-state index contributed by atoms with van der Waals surface area (Å²) in [5, 5.41) is 3.54. The number of rotatable bonds is 3. The summed E-state index contributed by atoms with van der Waals surface area (Å²) in [4.78, 5) is 12.5. The number of benzene rings is 1. The average molecular weight is 337 g/mol. The Labute approximate surface area is 137 Å². The third kappa shape index (κ3) is 3.23. The van der Waals surface area contributed by atoms with Crippen molar-refractivity contribution < 1.29 is 22.5 Å². The van der Waals surface area contributed by atoms with E-state index in [4.69, 9.17) is 0 Å². The molecule has 128 valence electrons. The lowest BCUT2D eigenvalue weighted by Gasteiger charge is -2.20. The molecule has 1 aliphatic rings. The lowest BCUT2D eigenvalue weighted by molar-refractivity contribution is -0.156. The molecule has 0 N–H and O–H groups in total. The number of alkyl halides is 3. The lowest BCUT2D eigenvalue weighted by atomic mass is 9.84. The molecular weight excluding hydrogens is 319 g/mol. The summed E-state index contributed by atoms with van der Waals surface area (Å²) >= 11 is 0. The molecule has 1 saturated carbocycles. The Morgan fingerprint density at radius 3 is 2.29 bits per heavy atom. The number of Topliss-reactive ketones (excluding diaryl/α,β-unsaturated/α-hetero) is 1. The third-order valence-corrected chi connectivity index (χ3v) is 4.60. The first-order valence-electron chi connectivity index (χ1n) is 8.06. The van der Waals surface area contributed by atoms with E-state index in [0.29, 0.717) is 11.1 Å². The van der Waals surface area contributed by atoms with E-state index in [2.05, 4.69) is 9.68 Å². The average Bonchev–Trinajstić information content (AvgIpc) is 2.97. The van der Waals surface area contributed by atoms with E-state index >= 15 is 0 Å². The molecular formula is C18H18F3NO2. The summed E-state index contributed by atoms with van der Waals surface area (Å²) in [5.41, 5.74) is 1.21. The normalized spacial score (nSPS) is 16.3. The summed E-state index contributed by atoms with van der Waals surface area (Å²) in [6.07, 6.45) is 0.595. The monoisotopic (exact) mass is 337 g/mol. The Morgan fingerprint density at radius 2 is 1.75 bits per heavy atom. The first-order valence-corrected chi connectivity index (χ1v) is 8.06. The molecule has 1 aliphatic carbocycles. The van der Waals surface area contributed by atoms with Crippen molar-refractivity contribution in [2.45, 2.75) is 45.2 Å². The molecule has 1 aromatic carbocycles. The van der Waals surface area contributed by atoms with Gasteiger partial charge in [-0.1, -0.05) is 48.7 Å². The highest BCUT2D eigenvalue weighted by Gasteiger charge is 2.39. The van der Waals surface area contributed by atoms with Gasteiger partial charge >= 0.3 is 6.18 Å². The zero-order valence-electron chi connectivity index (χ0n) is 13.3. The van der Waals surface area contributed by atoms with Gasteiger partial charge < -0.3 is 4.52 Å². The van der Waals surface area contributed by atoms with Crippen molar-refractivity contribution in [1.82, 2.24) is 5.16 Å². The van der Waals surface area contributed by atoms with Crippen molar-refractivity contribution in [1.29, 1.82) is 0 Å². The Hall–Kier alpha value is -2.11. The van der Waals surface area contributed by atoms with Gasteiger partial charge in [-0.3, -0.25) is 4.79 Å². The summed E-state index contributed by atoms with van der Waals surface area (Å²) in [6, 6.07) is 6.57. The SMILES string of the molecule is Cc1c(-c2ccc(C(=O)C3CCCCC3)cc2)noc1C(F)(F)F. The lowest BCUT2D eigenvalue weighted by Crippen LogP contribution is -2.17. The van der Waals surface area contributed by atoms with Crippen molar-refractivity contribution in [3.8, 4) is 11.3 Å². The number of carbonyl (C=O) groups excluding carboxylic acids is 1. The number of halogens is 3. The van der Waals surface area contributed by atoms with Crippen molar-refractivity contribution in [2.24, 2.45) is 5.92 Å². The van der Waals surface area contributed by atoms with E-state index in [1.54, 1.807) is 24.3 Å². The Kier molecular flexibility index (Phi) is 4.47. The molecule has 0 atom stereocenters. The maximum Gasteiger partial charge on any atom is 0.452 e. The molecule has 2 aromatic rings. The van der Waals surface area contributed by atoms with Gasteiger partial charge in [0.2, 0.25) is 5.76 Å². The molecule has 0 saturated heterocycles. The zero-order chi connectivity index (χ0) is 17.3. The molecule has 0 radical (unpaired) electrons. The molecule has 3 rings (SSSR count). The fourth-order valence-electron chi connectivity index (χ4n) is 3.26. The van der Waals surface area contributed by atoms with Crippen molar-refractivity contribution >= 4 is 5.78 Å². The number of hydrogen-bond donors (Lipinski definition) is 0. The smallest absolute Gasteiger partial charge is 0.351 e. The second-order valence-electron chi connectivity index (χ2n) is 6.26. The minimum Gasteiger partial charge on any atom is -0.351 e. The van der Waals surface area contributed by atoms with Gasteiger partial charge in [0, 0.05) is 22.6 Å². The van der Waals surface area contributed by atoms with Crippen LogP contribution in [-0.4, -0.2) is 10.9 Å². The Balaban J connectivity index is 1.82. The Morgan fingerprint density at radius 1 is 1.12 bits per heavy atom. The van der Waals surface area contributed by atoms with E-state index in [1.807, 2.05) is 0 Å². The van der Waals surface area contributed by atoms with E-state index < -0.39 is 11.9 Å². The van der Waals surface area contributed by atoms with Crippen molar-refractivity contribution in [3.63, 3.8) is 0 Å². The molecule has 3 nitrogen and oxygen atoms in total. The standard InChI is InChI=1S/C18H18F3NO2/c1-11-15(22-24-17(11)18(19,20)21)12-7-9-14(10-8-12)16(23)13-5-3-2-4-6-13/h7-10,13H,2-6H2,1H3. The van der Waals surface area contributed by atoms with Gasteiger partial charge in [0.05, 0.1) is 0 Å². The summed E-state index contributed by atoms with van der Waals surface area (Å²) in [6.45, 7) is 1.33. The second-order valence-corrected chi connectivity index (χ2v) is 6.26.